The lowest BCUT2D eigenvalue weighted by atomic mass is 9.92. The van der Waals surface area contributed by atoms with Crippen LogP contribution in [0.5, 0.6) is 0 Å². The van der Waals surface area contributed by atoms with Crippen molar-refractivity contribution < 1.29 is 13.6 Å². The minimum atomic E-state index is -2.52. The van der Waals surface area contributed by atoms with Crippen molar-refractivity contribution in [1.82, 2.24) is 5.32 Å². The third-order valence-electron chi connectivity index (χ3n) is 3.65. The maximum atomic E-state index is 12.5. The van der Waals surface area contributed by atoms with Gasteiger partial charge in [-0.15, -0.1) is 0 Å². The Balaban J connectivity index is 2.06. The van der Waals surface area contributed by atoms with Gasteiger partial charge in [-0.1, -0.05) is 37.7 Å². The summed E-state index contributed by atoms with van der Waals surface area (Å²) in [5.41, 5.74) is 0.581. The van der Waals surface area contributed by atoms with Crippen LogP contribution in [0.3, 0.4) is 0 Å². The van der Waals surface area contributed by atoms with Crippen molar-refractivity contribution in [2.24, 2.45) is 5.41 Å². The van der Waals surface area contributed by atoms with E-state index in [0.29, 0.717) is 22.2 Å². The van der Waals surface area contributed by atoms with Gasteiger partial charge in [0, 0.05) is 10.9 Å². The van der Waals surface area contributed by atoms with Crippen LogP contribution in [0.15, 0.2) is 29.2 Å². The van der Waals surface area contributed by atoms with Crippen molar-refractivity contribution in [2.75, 3.05) is 0 Å². The summed E-state index contributed by atoms with van der Waals surface area (Å²) in [7, 11) is 0. The number of hydrogen-bond acceptors (Lipinski definition) is 2. The number of thioether (sulfide) groups is 1. The van der Waals surface area contributed by atoms with Crippen LogP contribution in [0.25, 0.3) is 0 Å². The topological polar surface area (TPSA) is 29.1 Å². The lowest BCUT2D eigenvalue weighted by Gasteiger charge is -2.18. The molecule has 1 saturated carbocycles. The van der Waals surface area contributed by atoms with Gasteiger partial charge in [-0.05, 0) is 36.8 Å². The van der Waals surface area contributed by atoms with Crippen LogP contribution in [0.1, 0.15) is 43.5 Å². The van der Waals surface area contributed by atoms with E-state index in [9.17, 15) is 13.6 Å². The molecule has 1 atom stereocenters. The Morgan fingerprint density at radius 2 is 2.10 bits per heavy atom. The molecule has 0 saturated heterocycles. The second-order valence-electron chi connectivity index (χ2n) is 5.95. The molecule has 0 aromatic heterocycles. The van der Waals surface area contributed by atoms with E-state index in [2.05, 4.69) is 19.2 Å². The van der Waals surface area contributed by atoms with Gasteiger partial charge in [-0.25, -0.2) is 0 Å². The summed E-state index contributed by atoms with van der Waals surface area (Å²) < 4.78 is 25.0. The normalized spacial score (nSPS) is 21.1. The first-order valence-corrected chi connectivity index (χ1v) is 7.60. The molecular weight excluding hydrogens is 280 g/mol. The Labute approximate surface area is 122 Å². The van der Waals surface area contributed by atoms with Gasteiger partial charge in [0.1, 0.15) is 0 Å². The molecule has 2 rings (SSSR count). The zero-order valence-electron chi connectivity index (χ0n) is 11.7. The minimum Gasteiger partial charge on any atom is -0.349 e. The maximum absolute atomic E-state index is 12.5. The van der Waals surface area contributed by atoms with Gasteiger partial charge in [0.25, 0.3) is 11.7 Å². The summed E-state index contributed by atoms with van der Waals surface area (Å²) in [5.74, 6) is -2.77. The summed E-state index contributed by atoms with van der Waals surface area (Å²) >= 11 is 0.417. The van der Waals surface area contributed by atoms with Crippen LogP contribution < -0.4 is 5.32 Å². The highest BCUT2D eigenvalue weighted by Gasteiger charge is 2.32. The van der Waals surface area contributed by atoms with Gasteiger partial charge in [0.05, 0.1) is 5.56 Å². The molecule has 1 fully saturated rings. The highest BCUT2D eigenvalue weighted by Crippen LogP contribution is 2.37. The first-order valence-electron chi connectivity index (χ1n) is 6.72. The first-order chi connectivity index (χ1) is 9.37. The fraction of sp³-hybridized carbons (Fsp3) is 0.533. The molecule has 0 bridgehead atoms. The molecule has 0 radical (unpaired) electrons. The number of carbonyl (C=O) groups is 1. The molecule has 2 nitrogen and oxygen atoms in total. The monoisotopic (exact) mass is 299 g/mol. The van der Waals surface area contributed by atoms with Crippen LogP contribution in [0, 0.1) is 5.41 Å². The summed E-state index contributed by atoms with van der Waals surface area (Å²) in [6.45, 7) is 4.36. The van der Waals surface area contributed by atoms with Crippen molar-refractivity contribution in [3.63, 3.8) is 0 Å². The van der Waals surface area contributed by atoms with E-state index >= 15 is 0 Å². The van der Waals surface area contributed by atoms with Crippen molar-refractivity contribution in [2.45, 2.75) is 49.8 Å². The fourth-order valence-corrected chi connectivity index (χ4v) is 3.31. The third kappa shape index (κ3) is 3.95. The van der Waals surface area contributed by atoms with Crippen molar-refractivity contribution >= 4 is 17.7 Å². The molecule has 1 aliphatic rings. The zero-order chi connectivity index (χ0) is 14.8. The molecule has 1 aliphatic carbocycles. The number of rotatable bonds is 4. The molecule has 110 valence electrons. The van der Waals surface area contributed by atoms with Gasteiger partial charge >= 0.3 is 0 Å². The highest BCUT2D eigenvalue weighted by atomic mass is 32.2. The van der Waals surface area contributed by atoms with Gasteiger partial charge < -0.3 is 5.32 Å². The molecule has 0 aliphatic heterocycles. The number of alkyl halides is 2. The van der Waals surface area contributed by atoms with E-state index in [1.807, 2.05) is 0 Å². The number of benzene rings is 1. The summed E-state index contributed by atoms with van der Waals surface area (Å²) in [6, 6.07) is 6.66. The molecule has 1 unspecified atom stereocenters. The number of carbonyl (C=O) groups excluding carboxylic acids is 1. The quantitative estimate of drug-likeness (QED) is 0.839. The van der Waals surface area contributed by atoms with Crippen molar-refractivity contribution in [1.29, 1.82) is 0 Å². The Hall–Kier alpha value is -1.10. The van der Waals surface area contributed by atoms with E-state index in [1.165, 1.54) is 0 Å². The molecule has 0 spiro atoms. The minimum absolute atomic E-state index is 0.141. The van der Waals surface area contributed by atoms with Gasteiger partial charge in [0.2, 0.25) is 0 Å². The lowest BCUT2D eigenvalue weighted by molar-refractivity contribution is 0.0933. The zero-order valence-corrected chi connectivity index (χ0v) is 12.5. The Kier molecular flexibility index (Phi) is 4.68. The fourth-order valence-electron chi connectivity index (χ4n) is 2.68. The van der Waals surface area contributed by atoms with E-state index in [-0.39, 0.29) is 17.4 Å². The van der Waals surface area contributed by atoms with Crippen LogP contribution >= 0.6 is 11.8 Å². The molecule has 1 aromatic carbocycles. The Morgan fingerprint density at radius 3 is 2.70 bits per heavy atom. The van der Waals surface area contributed by atoms with E-state index < -0.39 is 5.76 Å². The Morgan fingerprint density at radius 1 is 1.40 bits per heavy atom. The third-order valence-corrected chi connectivity index (χ3v) is 4.44. The van der Waals surface area contributed by atoms with Gasteiger partial charge in [-0.2, -0.15) is 8.78 Å². The summed E-state index contributed by atoms with van der Waals surface area (Å²) in [4.78, 5) is 12.6. The molecule has 0 heterocycles. The molecular formula is C15H19F2NOS. The molecule has 1 amide bonds. The Bertz CT molecular complexity index is 491. The molecule has 20 heavy (non-hydrogen) atoms. The molecule has 1 N–H and O–H groups in total. The molecule has 1 aromatic rings. The second-order valence-corrected chi connectivity index (χ2v) is 6.98. The predicted octanol–water partition coefficient (Wildman–Crippen LogP) is 4.31. The van der Waals surface area contributed by atoms with Gasteiger partial charge in [0.15, 0.2) is 0 Å². The smallest absolute Gasteiger partial charge is 0.288 e. The van der Waals surface area contributed by atoms with Crippen molar-refractivity contribution in [3.05, 3.63) is 29.8 Å². The number of amides is 1. The number of nitrogens with one attached hydrogen (secondary N) is 1. The van der Waals surface area contributed by atoms with E-state index in [1.54, 1.807) is 24.3 Å². The highest BCUT2D eigenvalue weighted by molar-refractivity contribution is 7.99. The van der Waals surface area contributed by atoms with Crippen molar-refractivity contribution in [3.8, 4) is 0 Å². The number of hydrogen-bond donors (Lipinski definition) is 1. The lowest BCUT2D eigenvalue weighted by Crippen LogP contribution is -2.33. The average molecular weight is 299 g/mol. The standard InChI is InChI=1S/C15H19F2NOS/c1-15(2)8-7-10(9-15)18-13(19)11-5-3-4-6-12(11)20-14(16)17/h3-6,10,14H,7-9H2,1-2H3,(H,18,19). The van der Waals surface area contributed by atoms with E-state index in [0.717, 1.165) is 19.3 Å². The largest absolute Gasteiger partial charge is 0.349 e. The SMILES string of the molecule is CC1(C)CCC(NC(=O)c2ccccc2SC(F)F)C1. The van der Waals surface area contributed by atoms with Crippen LogP contribution in [-0.2, 0) is 0 Å². The summed E-state index contributed by atoms with van der Waals surface area (Å²) in [6.07, 6.45) is 2.96. The van der Waals surface area contributed by atoms with Crippen LogP contribution in [0.2, 0.25) is 0 Å². The van der Waals surface area contributed by atoms with Gasteiger partial charge in [-0.3, -0.25) is 4.79 Å². The first kappa shape index (κ1) is 15.3. The maximum Gasteiger partial charge on any atom is 0.288 e. The average Bonchev–Trinajstić information content (AvgIpc) is 2.68. The number of halogens is 2. The summed E-state index contributed by atoms with van der Waals surface area (Å²) in [5, 5.41) is 2.97. The van der Waals surface area contributed by atoms with Crippen LogP contribution in [0.4, 0.5) is 8.78 Å². The predicted molar refractivity (Wildman–Crippen MR) is 77.2 cm³/mol. The molecule has 5 heteroatoms. The second kappa shape index (κ2) is 6.12. The van der Waals surface area contributed by atoms with Crippen LogP contribution in [-0.4, -0.2) is 17.7 Å². The van der Waals surface area contributed by atoms with E-state index in [4.69, 9.17) is 0 Å².